The van der Waals surface area contributed by atoms with Crippen LogP contribution in [0.1, 0.15) is 204 Å². The number of methoxy groups -OCH3 is 1. The number of carboxylic acid groups (broad SMARTS) is 1. The molecule has 127 heavy (non-hydrogen) atoms. The van der Waals surface area contributed by atoms with Gasteiger partial charge in [-0.05, 0) is 255 Å². The van der Waals surface area contributed by atoms with E-state index in [1.165, 1.54) is 43.5 Å². The number of carbonyl (C=O) groups is 1. The van der Waals surface area contributed by atoms with Gasteiger partial charge in [-0.2, -0.15) is 6.92 Å². The molecule has 0 atom stereocenters. The number of hydrogen-bond donors (Lipinski definition) is 3. The number of hydrogen-bond acceptors (Lipinski definition) is 16. The molecule has 0 spiro atoms. The Kier molecular flexibility index (Phi) is 55.1. The molecule has 0 saturated heterocycles. The smallest absolute Gasteiger partial charge is 1.00 e. The molecule has 0 unspecified atom stereocenters. The maximum absolute atomic E-state index is 14.1. The number of aliphatic imine (C=N–C) groups is 6. The molecule has 0 amide bonds. The van der Waals surface area contributed by atoms with Gasteiger partial charge in [-0.15, -0.1) is 24.2 Å². The first-order chi connectivity index (χ1) is 56.6. The Bertz CT molecular complexity index is 4950. The quantitative estimate of drug-likeness (QED) is 0.0183. The molecule has 6 aliphatic heterocycles. The molecule has 5 N–H and O–H groups in total. The van der Waals surface area contributed by atoms with Crippen molar-refractivity contribution >= 4 is 117 Å². The van der Waals surface area contributed by atoms with Gasteiger partial charge in [0.2, 0.25) is 35.4 Å². The summed E-state index contributed by atoms with van der Waals surface area (Å²) in [6.45, 7) is 37.0. The van der Waals surface area contributed by atoms with Crippen LogP contribution in [-0.2, 0) is 59.6 Å². The molecule has 6 aliphatic rings. The van der Waals surface area contributed by atoms with Crippen LogP contribution in [0.4, 0.5) is 30.7 Å². The Morgan fingerprint density at radius 1 is 0.480 bits per heavy atom. The summed E-state index contributed by atoms with van der Waals surface area (Å²) in [6.07, 6.45) is 12.9. The normalized spacial score (nSPS) is 15.5. The van der Waals surface area contributed by atoms with Crippen molar-refractivity contribution in [2.45, 2.75) is 194 Å². The van der Waals surface area contributed by atoms with Crippen LogP contribution >= 0.6 is 44.3 Å². The summed E-state index contributed by atoms with van der Waals surface area (Å²) in [7, 11) is 1.50. The summed E-state index contributed by atoms with van der Waals surface area (Å²) in [5.74, 6) is 9.80. The van der Waals surface area contributed by atoms with Gasteiger partial charge in [0.05, 0.1) is 85.9 Å². The van der Waals surface area contributed by atoms with Crippen LogP contribution in [-0.4, -0.2) is 163 Å². The maximum atomic E-state index is 14.1. The SMILES string of the molecule is C/C=C/CCc1ccc(C(=O)O)c(F)c1.C/C=C/CCc1ccc(C2=NC(C)(C)CO2)c(F)c1.CC#CCCc1ccc(C2=NC(C)(C)CO2)c(F)c1.CC1(C)COC(c2ccc(Br)cc2F)=N1.CC1(C)COC(c2ccc(CBr)cc2F)=N1.CC1(C)COC(c2ccc(CO)cc2F)=N1.COc1ccc(C2=NC(C)(C)CO2)c(F)c1.Cl.N.[B].[CH2-]C#CC.[Cl-].[H-].[H-].[Li+].[Mg+2].[Na+]. The fourth-order valence-electron chi connectivity index (χ4n) is 11.3. The molecule has 32 heteroatoms. The van der Waals surface area contributed by atoms with Crippen LogP contribution in [0.15, 0.2) is 186 Å². The number of benzene rings is 7. The minimum atomic E-state index is -1.23. The van der Waals surface area contributed by atoms with E-state index < -0.39 is 17.6 Å². The summed E-state index contributed by atoms with van der Waals surface area (Å²) < 4.78 is 134. The molecule has 0 saturated carbocycles. The van der Waals surface area contributed by atoms with Crippen molar-refractivity contribution in [3.05, 3.63) is 271 Å². The Morgan fingerprint density at radius 2 is 0.756 bits per heavy atom. The van der Waals surface area contributed by atoms with E-state index >= 15 is 0 Å². The number of nitrogens with zero attached hydrogens (tertiary/aromatic N) is 6. The van der Waals surface area contributed by atoms with Crippen molar-refractivity contribution in [3.8, 4) is 29.4 Å². The summed E-state index contributed by atoms with van der Waals surface area (Å²) in [6, 6.07) is 33.8. The molecule has 13 rings (SSSR count). The summed E-state index contributed by atoms with van der Waals surface area (Å²) in [5, 5.41) is 18.1. The fraction of sp³-hybridized carbons (Fsp3) is 0.389. The van der Waals surface area contributed by atoms with Crippen molar-refractivity contribution < 1.29 is 143 Å². The molecule has 6 heterocycles. The number of allylic oxidation sites excluding steroid dienone is 4. The van der Waals surface area contributed by atoms with E-state index in [9.17, 15) is 35.5 Å². The number of aliphatic hydroxyl groups is 1. The van der Waals surface area contributed by atoms with Gasteiger partial charge in [0, 0.05) is 30.7 Å². The molecular formula is C95H114BBr2Cl2F7LiMgN7NaO10. The summed E-state index contributed by atoms with van der Waals surface area (Å²) >= 11 is 6.50. The monoisotopic (exact) mass is 1940 g/mol. The summed E-state index contributed by atoms with van der Waals surface area (Å²) in [5.41, 5.74) is 4.81. The van der Waals surface area contributed by atoms with Crippen molar-refractivity contribution in [1.82, 2.24) is 6.15 Å². The maximum Gasteiger partial charge on any atom is 2.00 e. The molecule has 3 radical (unpaired) electrons. The van der Waals surface area contributed by atoms with Crippen LogP contribution < -0.4 is 71.7 Å². The number of aryl methyl sites for hydroxylation is 3. The Morgan fingerprint density at radius 3 is 1.02 bits per heavy atom. The molecule has 0 fully saturated rings. The van der Waals surface area contributed by atoms with Gasteiger partial charge in [-0.1, -0.05) is 93.4 Å². The first-order valence-electron chi connectivity index (χ1n) is 38.9. The van der Waals surface area contributed by atoms with Gasteiger partial charge < -0.3 is 70.7 Å². The average molecular weight is 1940 g/mol. The number of alkyl halides is 1. The van der Waals surface area contributed by atoms with Crippen LogP contribution in [0.2, 0.25) is 0 Å². The average Bonchev–Trinajstić information content (AvgIpc) is 1.71. The third-order valence-corrected chi connectivity index (χ3v) is 18.7. The first kappa shape index (κ1) is 122. The Labute approximate surface area is 829 Å². The second-order valence-corrected chi connectivity index (χ2v) is 33.3. The molecule has 0 bridgehead atoms. The van der Waals surface area contributed by atoms with Crippen molar-refractivity contribution in [1.29, 1.82) is 0 Å². The molecule has 0 aromatic heterocycles. The number of halogens is 11. The predicted molar refractivity (Wildman–Crippen MR) is 497 cm³/mol. The molecule has 17 nitrogen and oxygen atoms in total. The van der Waals surface area contributed by atoms with Crippen LogP contribution in [0.25, 0.3) is 0 Å². The topological polar surface area (TPSA) is 231 Å². The number of ether oxygens (including phenoxy) is 7. The number of rotatable bonds is 18. The van der Waals surface area contributed by atoms with Gasteiger partial charge in [-0.25, -0.2) is 65.5 Å². The zero-order valence-electron chi connectivity index (χ0n) is 78.1. The van der Waals surface area contributed by atoms with Gasteiger partial charge >= 0.3 is 77.4 Å². The van der Waals surface area contributed by atoms with Gasteiger partial charge in [0.25, 0.3) is 0 Å². The molecule has 0 aliphatic carbocycles. The van der Waals surface area contributed by atoms with Crippen LogP contribution in [0.5, 0.6) is 5.75 Å². The number of aromatic carboxylic acids is 1. The van der Waals surface area contributed by atoms with E-state index in [0.717, 1.165) is 60.8 Å². The van der Waals surface area contributed by atoms with Crippen molar-refractivity contribution in [3.63, 3.8) is 0 Å². The minimum Gasteiger partial charge on any atom is -1.00 e. The zero-order valence-corrected chi connectivity index (χ0v) is 84.2. The van der Waals surface area contributed by atoms with Crippen LogP contribution in [0, 0.1) is 71.3 Å². The van der Waals surface area contributed by atoms with Gasteiger partial charge in [0.15, 0.2) is 0 Å². The Balaban J connectivity index is -0.000000694. The predicted octanol–water partition coefficient (Wildman–Crippen LogP) is 12.8. The molecule has 673 valence electrons. The number of carboxylic acids is 1. The first-order valence-corrected chi connectivity index (χ1v) is 40.8. The fourth-order valence-corrected chi connectivity index (χ4v) is 11.9. The molecular weight excluding hydrogens is 1830 g/mol. The van der Waals surface area contributed by atoms with E-state index in [-0.39, 0.29) is 188 Å². The van der Waals surface area contributed by atoms with Gasteiger partial charge in [0.1, 0.15) is 86.1 Å². The second-order valence-electron chi connectivity index (χ2n) is 31.8. The number of aliphatic hydroxyl groups excluding tert-OH is 1. The van der Waals surface area contributed by atoms with Crippen molar-refractivity contribution in [2.75, 3.05) is 46.8 Å². The second kappa shape index (κ2) is 57.6. The third-order valence-electron chi connectivity index (χ3n) is 17.6. The largest absolute Gasteiger partial charge is 2.00 e. The standard InChI is InChI=1S/C16H20FNO.C16H18FNO.C12H13BrFNO.2C12H14FNO2.C12H13FO2.C11H11BrFNO.C4H5.B.2ClH.Li.Mg.H3N.Na.2H/c2*1-4-5-6-7-12-8-9-13(14(17)10-12)15-18-16(2,3)11-19-15;1-12(2)7-16-11(15-12)9-4-3-8(6-13)5-10(9)14;1-12(2)7-16-11(14-12)9-5-4-8(15-3)6-10(9)13;1-12(2)7-16-11(14-12)9-4-3-8(6-15)5-10(9)13;1-2-3-4-5-9-6-7-10(12(14)15)11(13)8-9;1-11(2)6-15-10(14-11)8-4-3-7(12)5-9(8)13;1-3-4-2;;;;;;;;;/h4-5,8-10H,6-7,11H2,1-3H3;8-10H,6-7,11H2,1-3H3;3-5H,6-7H2,1-2H3;4-6H,7H2,1-3H3;3-5,15H,6-7H2,1-2H3;2-3,6-8H,4-5H2,1H3,(H,14,15);3-5H,6H2,1-2H3;1H2,2H3;;2*1H;;;1H3;;;/q;;;;;;;-1;;;;+1;+2;;+1;2*-1/p-1/b5-4+;;;;;3-2+;;;;;;;;;;;. The van der Waals surface area contributed by atoms with E-state index in [1.54, 1.807) is 86.6 Å². The van der Waals surface area contributed by atoms with Crippen LogP contribution in [0.3, 0.4) is 0 Å². The zero-order chi connectivity index (χ0) is 88.8. The van der Waals surface area contributed by atoms with Gasteiger partial charge in [-0.3, -0.25) is 5.92 Å². The third kappa shape index (κ3) is 40.4. The van der Waals surface area contributed by atoms with E-state index in [4.69, 9.17) is 43.4 Å². The minimum absolute atomic E-state index is 0. The van der Waals surface area contributed by atoms with Crippen molar-refractivity contribution in [2.24, 2.45) is 30.0 Å². The van der Waals surface area contributed by atoms with E-state index in [1.807, 2.05) is 133 Å². The Hall–Kier alpha value is -7.50. The summed E-state index contributed by atoms with van der Waals surface area (Å²) in [4.78, 5) is 36.6. The van der Waals surface area contributed by atoms with E-state index in [0.29, 0.717) is 130 Å². The van der Waals surface area contributed by atoms with E-state index in [2.05, 4.69) is 98.5 Å². The molecule has 7 aromatic rings. The molecule has 7 aromatic carbocycles.